The SMILES string of the molecule is [C]1=COC=CO1. The third kappa shape index (κ3) is 0.516. The molecule has 0 bridgehead atoms. The second-order valence-corrected chi connectivity index (χ2v) is 0.762. The van der Waals surface area contributed by atoms with Crippen LogP contribution < -0.4 is 0 Å². The molecule has 6 heavy (non-hydrogen) atoms. The van der Waals surface area contributed by atoms with E-state index < -0.39 is 0 Å². The Hall–Kier alpha value is -0.920. The monoisotopic (exact) mass is 83.0 g/mol. The summed E-state index contributed by atoms with van der Waals surface area (Å²) in [5.41, 5.74) is 0. The second-order valence-electron chi connectivity index (χ2n) is 0.762. The number of hydrogen-bond donors (Lipinski definition) is 0. The molecular weight excluding hydrogens is 80.0 g/mol. The van der Waals surface area contributed by atoms with Crippen molar-refractivity contribution in [1.82, 2.24) is 0 Å². The summed E-state index contributed by atoms with van der Waals surface area (Å²) in [6, 6.07) is 0. The maximum absolute atomic E-state index is 4.53. The van der Waals surface area contributed by atoms with Gasteiger partial charge < -0.3 is 9.47 Å². The molecule has 0 amide bonds. The lowest BCUT2D eigenvalue weighted by molar-refractivity contribution is 0.272. The van der Waals surface area contributed by atoms with E-state index in [1.807, 2.05) is 0 Å². The predicted molar refractivity (Wildman–Crippen MR) is 19.1 cm³/mol. The Morgan fingerprint density at radius 2 is 2.33 bits per heavy atom. The van der Waals surface area contributed by atoms with Crippen molar-refractivity contribution in [2.45, 2.75) is 0 Å². The van der Waals surface area contributed by atoms with Gasteiger partial charge in [0.15, 0.2) is 0 Å². The van der Waals surface area contributed by atoms with E-state index in [9.17, 15) is 0 Å². The molecule has 0 aromatic heterocycles. The van der Waals surface area contributed by atoms with Crippen LogP contribution in [0.2, 0.25) is 0 Å². The molecule has 0 aromatic rings. The Morgan fingerprint density at radius 3 is 2.50 bits per heavy atom. The van der Waals surface area contributed by atoms with E-state index in [-0.39, 0.29) is 0 Å². The molecule has 1 aliphatic heterocycles. The fourth-order valence-electron chi connectivity index (χ4n) is 0.194. The van der Waals surface area contributed by atoms with Gasteiger partial charge in [0.05, 0.1) is 0 Å². The van der Waals surface area contributed by atoms with E-state index in [1.54, 1.807) is 0 Å². The second kappa shape index (κ2) is 1.50. The highest BCUT2D eigenvalue weighted by Gasteiger charge is 1.76. The first-order valence-electron chi connectivity index (χ1n) is 1.53. The van der Waals surface area contributed by atoms with Crippen LogP contribution in [0.4, 0.5) is 0 Å². The molecule has 0 fully saturated rings. The van der Waals surface area contributed by atoms with Crippen LogP contribution in [0.1, 0.15) is 0 Å². The van der Waals surface area contributed by atoms with E-state index >= 15 is 0 Å². The van der Waals surface area contributed by atoms with Crippen molar-refractivity contribution in [2.24, 2.45) is 0 Å². The molecule has 2 heteroatoms. The summed E-state index contributed by atoms with van der Waals surface area (Å²) in [4.78, 5) is 0. The molecule has 0 aliphatic carbocycles. The van der Waals surface area contributed by atoms with Crippen LogP contribution in [0.5, 0.6) is 0 Å². The van der Waals surface area contributed by atoms with Crippen LogP contribution in [-0.2, 0) is 9.47 Å². The quantitative estimate of drug-likeness (QED) is 0.430. The minimum absolute atomic E-state index is 1.33. The van der Waals surface area contributed by atoms with Crippen molar-refractivity contribution in [1.29, 1.82) is 0 Å². The number of hydrogen-bond acceptors (Lipinski definition) is 2. The zero-order valence-electron chi connectivity index (χ0n) is 3.05. The van der Waals surface area contributed by atoms with E-state index in [0.717, 1.165) is 0 Å². The Labute approximate surface area is 35.7 Å². The standard InChI is InChI=1S/C4H3O2/c1-2-6-4-3-5-1/h1-3H. The van der Waals surface area contributed by atoms with Gasteiger partial charge in [-0.15, -0.1) is 0 Å². The van der Waals surface area contributed by atoms with Crippen LogP contribution in [0.15, 0.2) is 18.8 Å². The summed E-state index contributed by atoms with van der Waals surface area (Å²) in [7, 11) is 0. The van der Waals surface area contributed by atoms with Gasteiger partial charge in [-0.1, -0.05) is 0 Å². The van der Waals surface area contributed by atoms with Gasteiger partial charge in [-0.3, -0.25) is 0 Å². The molecule has 2 nitrogen and oxygen atoms in total. The zero-order valence-corrected chi connectivity index (χ0v) is 3.05. The lowest BCUT2D eigenvalue weighted by Crippen LogP contribution is -1.76. The fraction of sp³-hybridized carbons (Fsp3) is 0. The molecule has 0 unspecified atom stereocenters. The van der Waals surface area contributed by atoms with Gasteiger partial charge in [-0.25, -0.2) is 0 Å². The smallest absolute Gasteiger partial charge is 0.207 e. The van der Waals surface area contributed by atoms with Crippen LogP contribution in [0.25, 0.3) is 0 Å². The minimum atomic E-state index is 1.33. The van der Waals surface area contributed by atoms with Gasteiger partial charge in [-0.2, -0.15) is 0 Å². The average Bonchev–Trinajstić information content (AvgIpc) is 1.72. The largest absolute Gasteiger partial charge is 0.465 e. The zero-order chi connectivity index (χ0) is 4.24. The van der Waals surface area contributed by atoms with E-state index in [4.69, 9.17) is 0 Å². The number of ether oxygens (including phenoxy) is 2. The van der Waals surface area contributed by atoms with Crippen molar-refractivity contribution < 1.29 is 9.47 Å². The van der Waals surface area contributed by atoms with E-state index in [2.05, 4.69) is 15.7 Å². The molecule has 1 radical (unpaired) electrons. The minimum Gasteiger partial charge on any atom is -0.465 e. The van der Waals surface area contributed by atoms with Gasteiger partial charge in [0.2, 0.25) is 6.26 Å². The molecule has 0 N–H and O–H groups in total. The molecule has 0 atom stereocenters. The predicted octanol–water partition coefficient (Wildman–Crippen LogP) is 0.779. The molecule has 0 saturated heterocycles. The molecule has 1 aliphatic rings. The van der Waals surface area contributed by atoms with Crippen molar-refractivity contribution in [3.8, 4) is 0 Å². The Kier molecular flexibility index (Phi) is 0.819. The summed E-state index contributed by atoms with van der Waals surface area (Å²) < 4.78 is 8.99. The highest BCUT2D eigenvalue weighted by atomic mass is 16.5. The van der Waals surface area contributed by atoms with Gasteiger partial charge >= 0.3 is 0 Å². The lowest BCUT2D eigenvalue weighted by Gasteiger charge is -1.92. The van der Waals surface area contributed by atoms with Crippen LogP contribution in [-0.4, -0.2) is 0 Å². The molecule has 0 aromatic carbocycles. The summed E-state index contributed by atoms with van der Waals surface area (Å²) in [6.07, 6.45) is 6.51. The summed E-state index contributed by atoms with van der Waals surface area (Å²) in [5, 5.41) is 0. The molecule has 1 rings (SSSR count). The summed E-state index contributed by atoms with van der Waals surface area (Å²) >= 11 is 0. The van der Waals surface area contributed by atoms with E-state index in [0.29, 0.717) is 0 Å². The fourth-order valence-corrected chi connectivity index (χ4v) is 0.194. The Morgan fingerprint density at radius 1 is 1.33 bits per heavy atom. The Bertz CT molecular complexity index is 63.5. The third-order valence-corrected chi connectivity index (χ3v) is 0.386. The lowest BCUT2D eigenvalue weighted by atomic mass is 10.9. The topological polar surface area (TPSA) is 18.5 Å². The molecule has 0 spiro atoms. The normalized spacial score (nSPS) is 16.0. The van der Waals surface area contributed by atoms with Gasteiger partial charge in [0.25, 0.3) is 0 Å². The number of rotatable bonds is 0. The van der Waals surface area contributed by atoms with Gasteiger partial charge in [0, 0.05) is 0 Å². The van der Waals surface area contributed by atoms with E-state index in [1.165, 1.54) is 18.8 Å². The third-order valence-electron chi connectivity index (χ3n) is 0.386. The van der Waals surface area contributed by atoms with Gasteiger partial charge in [0.1, 0.15) is 18.8 Å². The first kappa shape index (κ1) is 3.28. The Balaban J connectivity index is 2.40. The molecule has 31 valence electrons. The maximum atomic E-state index is 4.53. The summed E-state index contributed by atoms with van der Waals surface area (Å²) in [5.74, 6) is 0. The van der Waals surface area contributed by atoms with Crippen molar-refractivity contribution in [2.75, 3.05) is 0 Å². The maximum Gasteiger partial charge on any atom is 0.207 e. The van der Waals surface area contributed by atoms with Crippen molar-refractivity contribution in [3.05, 3.63) is 25.0 Å². The van der Waals surface area contributed by atoms with Crippen LogP contribution in [0, 0.1) is 6.26 Å². The van der Waals surface area contributed by atoms with Crippen LogP contribution in [0.3, 0.4) is 0 Å². The first-order valence-corrected chi connectivity index (χ1v) is 1.53. The van der Waals surface area contributed by atoms with Crippen LogP contribution >= 0.6 is 0 Å². The highest BCUT2D eigenvalue weighted by Crippen LogP contribution is 1.88. The van der Waals surface area contributed by atoms with Crippen molar-refractivity contribution in [3.63, 3.8) is 0 Å². The summed E-state index contributed by atoms with van der Waals surface area (Å²) in [6.45, 7) is 0. The molecule has 1 heterocycles. The first-order chi connectivity index (χ1) is 3.00. The average molecular weight is 83.1 g/mol. The molecule has 0 saturated carbocycles. The molecular formula is C4H3O2. The van der Waals surface area contributed by atoms with Gasteiger partial charge in [-0.05, 0) is 0 Å². The highest BCUT2D eigenvalue weighted by molar-refractivity contribution is 4.72. The van der Waals surface area contributed by atoms with Crippen molar-refractivity contribution >= 4 is 0 Å².